The second-order valence-corrected chi connectivity index (χ2v) is 25.5. The van der Waals surface area contributed by atoms with Crippen molar-refractivity contribution >= 4 is 102 Å². The van der Waals surface area contributed by atoms with Gasteiger partial charge in [0.2, 0.25) is 21.8 Å². The third-order valence-electron chi connectivity index (χ3n) is 10.5. The van der Waals surface area contributed by atoms with Crippen LogP contribution >= 0.6 is 0 Å². The Kier molecular flexibility index (Phi) is 21.7. The minimum Gasteiger partial charge on any atom is -0.481 e. The van der Waals surface area contributed by atoms with Gasteiger partial charge in [-0.25, -0.2) is 71.9 Å². The molecule has 9 aromatic rings. The molecular formula is C50H58N16O13S5. The quantitative estimate of drug-likeness (QED) is 0.0617. The lowest BCUT2D eigenvalue weighted by Crippen LogP contribution is -2.14. The third-order valence-corrected chi connectivity index (χ3v) is 16.9. The predicted octanol–water partition coefficient (Wildman–Crippen LogP) is 5.30. The molecule has 0 unspecified atom stereocenters. The van der Waals surface area contributed by atoms with E-state index in [0.29, 0.717) is 57.0 Å². The number of hydrogen-bond donors (Lipinski definition) is 10. The van der Waals surface area contributed by atoms with Crippen LogP contribution in [-0.4, -0.2) is 79.4 Å². The van der Waals surface area contributed by atoms with Crippen molar-refractivity contribution in [3.63, 3.8) is 0 Å². The third kappa shape index (κ3) is 19.8. The van der Waals surface area contributed by atoms with Gasteiger partial charge in [0, 0.05) is 57.9 Å². The molecule has 0 radical (unpaired) electrons. The summed E-state index contributed by atoms with van der Waals surface area (Å²) >= 11 is 0. The number of anilines is 9. The fourth-order valence-corrected chi connectivity index (χ4v) is 10.8. The summed E-state index contributed by atoms with van der Waals surface area (Å²) < 4.78 is 142. The van der Waals surface area contributed by atoms with Gasteiger partial charge in [0.05, 0.1) is 37.3 Å². The number of aryl methyl sites for hydroxylation is 4. The Morgan fingerprint density at radius 2 is 0.810 bits per heavy atom. The zero-order valence-electron chi connectivity index (χ0n) is 45.4. The minimum absolute atomic E-state index is 0.0756. The first-order valence-electron chi connectivity index (χ1n) is 23.7. The van der Waals surface area contributed by atoms with Crippen LogP contribution in [0.3, 0.4) is 0 Å². The number of primary sulfonamides is 1. The summed E-state index contributed by atoms with van der Waals surface area (Å²) in [4.78, 5) is 16.3. The van der Waals surface area contributed by atoms with E-state index in [9.17, 15) is 42.1 Å². The second kappa shape index (κ2) is 27.9. The molecule has 0 saturated heterocycles. The van der Waals surface area contributed by atoms with E-state index in [1.807, 2.05) is 0 Å². The average Bonchev–Trinajstić information content (AvgIpc) is 4.15. The molecule has 29 nitrogen and oxygen atoms in total. The molecule has 0 spiro atoms. The van der Waals surface area contributed by atoms with Crippen LogP contribution in [-0.2, 0) is 50.1 Å². The summed E-state index contributed by atoms with van der Waals surface area (Å²) in [6.45, 7) is 8.62. The van der Waals surface area contributed by atoms with Crippen LogP contribution in [0.1, 0.15) is 28.5 Å². The molecule has 0 aliphatic carbocycles. The van der Waals surface area contributed by atoms with E-state index >= 15 is 0 Å². The van der Waals surface area contributed by atoms with Gasteiger partial charge in [-0.3, -0.25) is 14.2 Å². The van der Waals surface area contributed by atoms with Crippen LogP contribution in [0.25, 0.3) is 0 Å². The van der Waals surface area contributed by atoms with Crippen molar-refractivity contribution in [1.82, 2.24) is 30.2 Å². The molecule has 0 bridgehead atoms. The lowest BCUT2D eigenvalue weighted by molar-refractivity contribution is 0.397. The number of benzene rings is 5. The van der Waals surface area contributed by atoms with E-state index in [1.54, 1.807) is 40.7 Å². The molecule has 34 heteroatoms. The van der Waals surface area contributed by atoms with Crippen LogP contribution < -0.4 is 57.4 Å². The summed E-state index contributed by atoms with van der Waals surface area (Å²) in [6, 6.07) is 33.7. The maximum absolute atomic E-state index is 12.1. The monoisotopic (exact) mass is 1250 g/mol. The highest BCUT2D eigenvalue weighted by atomic mass is 32.2. The highest BCUT2D eigenvalue weighted by Gasteiger charge is 2.20. The summed E-state index contributed by atoms with van der Waals surface area (Å²) in [6.07, 6.45) is 1.21. The SMILES string of the molecule is COc1cc(NS(=O)(=O)c2ccc(N)cc2)ncn1.Cc1cc(NS(=O)(=O)c2ccc(N)cc2)nc(C)n1.Cc1cc(NS(=O)(=O)c2ccc(N)cc2)no1.Cc1noc(NS(=O)(=O)c2ccc(N)cc2)c1C.Nc1ccc(S(N)(=O)=O)cc1. The molecule has 4 aromatic heterocycles. The molecule has 4 heterocycles. The molecule has 9 rings (SSSR count). The van der Waals surface area contributed by atoms with E-state index in [-0.39, 0.29) is 53.7 Å². The number of rotatable bonds is 14. The fraction of sp³-hybridized carbons (Fsp3) is 0.120. The Labute approximate surface area is 484 Å². The Balaban J connectivity index is 0.000000194. The van der Waals surface area contributed by atoms with E-state index in [4.69, 9.17) is 47.6 Å². The van der Waals surface area contributed by atoms with Gasteiger partial charge in [-0.15, -0.1) is 0 Å². The fourth-order valence-electron chi connectivity index (χ4n) is 6.22. The van der Waals surface area contributed by atoms with Crippen molar-refractivity contribution in [3.8, 4) is 5.88 Å². The summed E-state index contributed by atoms with van der Waals surface area (Å²) in [5.41, 5.74) is 31.9. The van der Waals surface area contributed by atoms with Gasteiger partial charge in [-0.05, 0) is 156 Å². The van der Waals surface area contributed by atoms with Crippen LogP contribution in [0.4, 0.5) is 51.8 Å². The summed E-state index contributed by atoms with van der Waals surface area (Å²) in [5.74, 6) is 1.97. The Hall–Kier alpha value is -9.61. The van der Waals surface area contributed by atoms with Crippen LogP contribution in [0, 0.1) is 34.6 Å². The van der Waals surface area contributed by atoms with Gasteiger partial charge in [0.1, 0.15) is 29.5 Å². The van der Waals surface area contributed by atoms with Gasteiger partial charge in [0.15, 0.2) is 5.82 Å². The number of nitrogen functional groups attached to an aromatic ring is 5. The van der Waals surface area contributed by atoms with E-state index in [0.717, 1.165) is 0 Å². The molecule has 0 aliphatic rings. The molecule has 84 heavy (non-hydrogen) atoms. The molecule has 446 valence electrons. The first kappa shape index (κ1) is 65.2. The Morgan fingerprint density at radius 1 is 0.429 bits per heavy atom. The number of nitrogens with one attached hydrogen (secondary N) is 4. The van der Waals surface area contributed by atoms with Crippen molar-refractivity contribution in [2.45, 2.75) is 59.1 Å². The standard InChI is InChI=1S/C12H14N4O2S.C11H12N4O3S.C11H13N3O3S.C10H11N3O3S.C6H8N2O2S/c1-8-7-12(15-9(2)14-8)16-19(17,18)11-5-3-10(13)4-6-11;1-18-11-6-10(13-7-14-11)15-19(16,17)9-4-2-8(12)3-5-9;1-7-8(2)13-17-11(7)14-18(15,16)10-5-3-9(12)4-6-10;1-7-6-10(12-16-7)13-17(14,15)9-4-2-8(11)3-5-9;7-5-1-3-6(4-2-5)11(8,9)10/h3-7H,13H2,1-2H3,(H,14,15,16);2-7H,12H2,1H3,(H,13,14,15);3-6,14H,12H2,1-2H3;2-6H,11H2,1H3,(H,12,13);1-4H,7H2,(H2,8,9,10). The number of methoxy groups -OCH3 is 1. The lowest BCUT2D eigenvalue weighted by atomic mass is 10.3. The highest BCUT2D eigenvalue weighted by molar-refractivity contribution is 7.93. The smallest absolute Gasteiger partial charge is 0.264 e. The predicted molar refractivity (Wildman–Crippen MR) is 316 cm³/mol. The van der Waals surface area contributed by atoms with Gasteiger partial charge >= 0.3 is 0 Å². The normalized spacial score (nSPS) is 11.3. The van der Waals surface area contributed by atoms with Crippen molar-refractivity contribution in [2.24, 2.45) is 5.14 Å². The summed E-state index contributed by atoms with van der Waals surface area (Å²) in [5, 5.41) is 12.1. The van der Waals surface area contributed by atoms with Crippen molar-refractivity contribution < 1.29 is 55.9 Å². The number of ether oxygens (including phenoxy) is 1. The molecular weight excluding hydrogens is 1190 g/mol. The molecule has 0 saturated carbocycles. The number of sulfonamides is 5. The molecule has 0 amide bonds. The van der Waals surface area contributed by atoms with E-state index in [2.05, 4.69) is 49.1 Å². The van der Waals surface area contributed by atoms with Crippen LogP contribution in [0.5, 0.6) is 5.88 Å². The summed E-state index contributed by atoms with van der Waals surface area (Å²) in [7, 11) is -16.8. The van der Waals surface area contributed by atoms with Gasteiger partial charge in [-0.2, -0.15) is 0 Å². The zero-order chi connectivity index (χ0) is 62.2. The first-order chi connectivity index (χ1) is 39.2. The number of aromatic nitrogens is 6. The number of nitrogens with zero attached hydrogens (tertiary/aromatic N) is 6. The maximum atomic E-state index is 12.1. The average molecular weight is 1250 g/mol. The number of nitrogens with two attached hydrogens (primary N) is 6. The van der Waals surface area contributed by atoms with Crippen LogP contribution in [0.2, 0.25) is 0 Å². The first-order valence-corrected chi connectivity index (χ1v) is 31.2. The molecule has 16 N–H and O–H groups in total. The highest BCUT2D eigenvalue weighted by Crippen LogP contribution is 2.24. The van der Waals surface area contributed by atoms with Gasteiger partial charge in [0.25, 0.3) is 40.1 Å². The number of hydrogen-bond acceptors (Lipinski definition) is 24. The Bertz CT molecular complexity index is 4240. The molecule has 5 aromatic carbocycles. The van der Waals surface area contributed by atoms with E-state index < -0.39 is 50.1 Å². The van der Waals surface area contributed by atoms with Crippen LogP contribution in [0.15, 0.2) is 179 Å². The largest absolute Gasteiger partial charge is 0.481 e. The molecule has 0 aliphatic heterocycles. The van der Waals surface area contributed by atoms with Crippen molar-refractivity contribution in [1.29, 1.82) is 0 Å². The van der Waals surface area contributed by atoms with Crippen molar-refractivity contribution in [3.05, 3.63) is 174 Å². The van der Waals surface area contributed by atoms with Crippen molar-refractivity contribution in [2.75, 3.05) is 54.7 Å². The lowest BCUT2D eigenvalue weighted by Gasteiger charge is -2.08. The second-order valence-electron chi connectivity index (χ2n) is 17.2. The molecule has 0 fully saturated rings. The minimum atomic E-state index is -3.71. The maximum Gasteiger partial charge on any atom is 0.264 e. The zero-order valence-corrected chi connectivity index (χ0v) is 49.4. The topological polar surface area (TPSA) is 488 Å². The van der Waals surface area contributed by atoms with Gasteiger partial charge in [-0.1, -0.05) is 10.3 Å². The Morgan fingerprint density at radius 3 is 1.15 bits per heavy atom. The van der Waals surface area contributed by atoms with Gasteiger partial charge < -0.3 is 42.5 Å². The van der Waals surface area contributed by atoms with E-state index in [1.165, 1.54) is 147 Å². The molecule has 0 atom stereocenters.